The monoisotopic (exact) mass is 278 g/mol. The van der Waals surface area contributed by atoms with E-state index in [2.05, 4.69) is 5.32 Å². The molecule has 0 bridgehead atoms. The van der Waals surface area contributed by atoms with E-state index in [0.29, 0.717) is 5.56 Å². The number of nitrogens with one attached hydrogen (secondary N) is 1. The SMILES string of the molecule is O=C(NCC(=O)n1ccc2ccccc21)c1ccccc1. The Morgan fingerprint density at radius 3 is 2.43 bits per heavy atom. The first-order valence-corrected chi connectivity index (χ1v) is 6.68. The lowest BCUT2D eigenvalue weighted by Gasteiger charge is -2.06. The Labute approximate surface area is 122 Å². The highest BCUT2D eigenvalue weighted by Gasteiger charge is 2.11. The van der Waals surface area contributed by atoms with Crippen molar-refractivity contribution < 1.29 is 9.59 Å². The van der Waals surface area contributed by atoms with Crippen molar-refractivity contribution in [2.75, 3.05) is 6.54 Å². The van der Waals surface area contributed by atoms with E-state index in [0.717, 1.165) is 10.9 Å². The quantitative estimate of drug-likeness (QED) is 0.801. The Hall–Kier alpha value is -2.88. The average Bonchev–Trinajstić information content (AvgIpc) is 2.97. The van der Waals surface area contributed by atoms with E-state index in [1.165, 1.54) is 0 Å². The number of benzene rings is 2. The van der Waals surface area contributed by atoms with E-state index in [1.54, 1.807) is 35.0 Å². The molecule has 0 saturated carbocycles. The lowest BCUT2D eigenvalue weighted by molar-refractivity contribution is 0.0864. The fourth-order valence-corrected chi connectivity index (χ4v) is 2.23. The number of hydrogen-bond donors (Lipinski definition) is 1. The van der Waals surface area contributed by atoms with E-state index in [4.69, 9.17) is 0 Å². The molecule has 0 aliphatic carbocycles. The second kappa shape index (κ2) is 5.63. The van der Waals surface area contributed by atoms with Crippen LogP contribution in [-0.4, -0.2) is 22.9 Å². The van der Waals surface area contributed by atoms with Crippen molar-refractivity contribution >= 4 is 22.7 Å². The molecule has 0 atom stereocenters. The van der Waals surface area contributed by atoms with Crippen molar-refractivity contribution in [3.63, 3.8) is 0 Å². The van der Waals surface area contributed by atoms with Crippen molar-refractivity contribution in [3.05, 3.63) is 72.4 Å². The van der Waals surface area contributed by atoms with Crippen LogP contribution in [0.1, 0.15) is 15.2 Å². The molecule has 1 aromatic heterocycles. The number of fused-ring (bicyclic) bond motifs is 1. The number of aromatic nitrogens is 1. The molecule has 1 N–H and O–H groups in total. The summed E-state index contributed by atoms with van der Waals surface area (Å²) in [4.78, 5) is 24.1. The number of hydrogen-bond acceptors (Lipinski definition) is 2. The van der Waals surface area contributed by atoms with E-state index in [1.807, 2.05) is 36.4 Å². The summed E-state index contributed by atoms with van der Waals surface area (Å²) < 4.78 is 1.56. The van der Waals surface area contributed by atoms with Gasteiger partial charge in [-0.1, -0.05) is 36.4 Å². The van der Waals surface area contributed by atoms with Crippen LogP contribution in [0.15, 0.2) is 66.9 Å². The maximum absolute atomic E-state index is 12.2. The third-order valence-electron chi connectivity index (χ3n) is 3.30. The van der Waals surface area contributed by atoms with E-state index >= 15 is 0 Å². The predicted molar refractivity (Wildman–Crippen MR) is 81.3 cm³/mol. The smallest absolute Gasteiger partial charge is 0.251 e. The second-order valence-electron chi connectivity index (χ2n) is 4.69. The maximum Gasteiger partial charge on any atom is 0.251 e. The van der Waals surface area contributed by atoms with Gasteiger partial charge in [-0.2, -0.15) is 0 Å². The number of rotatable bonds is 3. The first-order valence-electron chi connectivity index (χ1n) is 6.68. The van der Waals surface area contributed by atoms with Crippen LogP contribution in [0.25, 0.3) is 10.9 Å². The minimum absolute atomic E-state index is 0.0353. The molecule has 4 nitrogen and oxygen atoms in total. The summed E-state index contributed by atoms with van der Waals surface area (Å²) in [5, 5.41) is 3.64. The van der Waals surface area contributed by atoms with Crippen LogP contribution in [0.3, 0.4) is 0 Å². The number of carbonyl (C=O) groups is 2. The van der Waals surface area contributed by atoms with Crippen LogP contribution < -0.4 is 5.32 Å². The third-order valence-corrected chi connectivity index (χ3v) is 3.30. The van der Waals surface area contributed by atoms with Gasteiger partial charge in [0, 0.05) is 17.1 Å². The number of para-hydroxylation sites is 1. The van der Waals surface area contributed by atoms with Gasteiger partial charge < -0.3 is 5.32 Å². The summed E-state index contributed by atoms with van der Waals surface area (Å²) in [6.45, 7) is -0.0353. The lowest BCUT2D eigenvalue weighted by Crippen LogP contribution is -2.31. The molecule has 3 aromatic rings. The second-order valence-corrected chi connectivity index (χ2v) is 4.69. The Balaban J connectivity index is 1.71. The maximum atomic E-state index is 12.2. The van der Waals surface area contributed by atoms with E-state index in [9.17, 15) is 9.59 Å². The van der Waals surface area contributed by atoms with Gasteiger partial charge in [0.05, 0.1) is 12.1 Å². The van der Waals surface area contributed by atoms with Crippen LogP contribution in [0.4, 0.5) is 0 Å². The Bertz CT molecular complexity index is 791. The zero-order valence-corrected chi connectivity index (χ0v) is 11.3. The molecule has 0 aliphatic rings. The van der Waals surface area contributed by atoms with Gasteiger partial charge in [0.1, 0.15) is 0 Å². The molecule has 0 spiro atoms. The summed E-state index contributed by atoms with van der Waals surface area (Å²) in [6, 6.07) is 18.4. The molecule has 104 valence electrons. The molecule has 3 rings (SSSR count). The standard InChI is InChI=1S/C17H14N2O2/c20-16(12-18-17(21)14-7-2-1-3-8-14)19-11-10-13-6-4-5-9-15(13)19/h1-11H,12H2,(H,18,21). The molecule has 0 radical (unpaired) electrons. The van der Waals surface area contributed by atoms with Crippen LogP contribution >= 0.6 is 0 Å². The number of amides is 1. The molecule has 1 heterocycles. The van der Waals surface area contributed by atoms with Crippen LogP contribution in [0.2, 0.25) is 0 Å². The van der Waals surface area contributed by atoms with Crippen LogP contribution in [0.5, 0.6) is 0 Å². The van der Waals surface area contributed by atoms with Crippen molar-refractivity contribution in [2.24, 2.45) is 0 Å². The topological polar surface area (TPSA) is 51.1 Å². The van der Waals surface area contributed by atoms with Crippen LogP contribution in [0, 0.1) is 0 Å². The Kier molecular flexibility index (Phi) is 3.51. The van der Waals surface area contributed by atoms with Gasteiger partial charge >= 0.3 is 0 Å². The fraction of sp³-hybridized carbons (Fsp3) is 0.0588. The van der Waals surface area contributed by atoms with Crippen molar-refractivity contribution in [2.45, 2.75) is 0 Å². The Morgan fingerprint density at radius 1 is 0.905 bits per heavy atom. The van der Waals surface area contributed by atoms with Crippen LogP contribution in [-0.2, 0) is 0 Å². The summed E-state index contributed by atoms with van der Waals surface area (Å²) in [7, 11) is 0. The molecule has 21 heavy (non-hydrogen) atoms. The predicted octanol–water partition coefficient (Wildman–Crippen LogP) is 2.71. The molecular weight excluding hydrogens is 264 g/mol. The highest BCUT2D eigenvalue weighted by atomic mass is 16.2. The normalized spacial score (nSPS) is 10.5. The first kappa shape index (κ1) is 13.1. The van der Waals surface area contributed by atoms with Gasteiger partial charge in [-0.3, -0.25) is 14.2 Å². The van der Waals surface area contributed by atoms with Gasteiger partial charge in [-0.15, -0.1) is 0 Å². The molecule has 2 aromatic carbocycles. The fourth-order valence-electron chi connectivity index (χ4n) is 2.23. The summed E-state index contributed by atoms with van der Waals surface area (Å²) in [5.74, 6) is -0.416. The Morgan fingerprint density at radius 2 is 1.62 bits per heavy atom. The lowest BCUT2D eigenvalue weighted by atomic mass is 10.2. The first-order chi connectivity index (χ1) is 10.3. The minimum atomic E-state index is -0.250. The van der Waals surface area contributed by atoms with Crippen molar-refractivity contribution in [1.82, 2.24) is 9.88 Å². The van der Waals surface area contributed by atoms with Gasteiger partial charge in [0.2, 0.25) is 5.91 Å². The molecule has 0 unspecified atom stereocenters. The molecular formula is C17H14N2O2. The molecule has 0 saturated heterocycles. The number of carbonyl (C=O) groups excluding carboxylic acids is 2. The molecule has 0 aliphatic heterocycles. The van der Waals surface area contributed by atoms with E-state index in [-0.39, 0.29) is 18.4 Å². The zero-order chi connectivity index (χ0) is 14.7. The highest BCUT2D eigenvalue weighted by molar-refractivity contribution is 5.98. The molecule has 1 amide bonds. The summed E-state index contributed by atoms with van der Waals surface area (Å²) >= 11 is 0. The average molecular weight is 278 g/mol. The van der Waals surface area contributed by atoms with Gasteiger partial charge in [-0.25, -0.2) is 0 Å². The summed E-state index contributed by atoms with van der Waals surface area (Å²) in [5.41, 5.74) is 1.39. The highest BCUT2D eigenvalue weighted by Crippen LogP contribution is 2.14. The molecule has 4 heteroatoms. The van der Waals surface area contributed by atoms with Gasteiger partial charge in [0.25, 0.3) is 5.91 Å². The number of nitrogens with zero attached hydrogens (tertiary/aromatic N) is 1. The largest absolute Gasteiger partial charge is 0.343 e. The van der Waals surface area contributed by atoms with E-state index < -0.39 is 0 Å². The van der Waals surface area contributed by atoms with Gasteiger partial charge in [0.15, 0.2) is 0 Å². The zero-order valence-electron chi connectivity index (χ0n) is 11.3. The van der Waals surface area contributed by atoms with Crippen molar-refractivity contribution in [1.29, 1.82) is 0 Å². The summed E-state index contributed by atoms with van der Waals surface area (Å²) in [6.07, 6.45) is 1.72. The van der Waals surface area contributed by atoms with Gasteiger partial charge in [-0.05, 0) is 24.3 Å². The molecule has 0 fully saturated rings. The third kappa shape index (κ3) is 2.69. The van der Waals surface area contributed by atoms with Crippen molar-refractivity contribution in [3.8, 4) is 0 Å². The minimum Gasteiger partial charge on any atom is -0.343 e.